The lowest BCUT2D eigenvalue weighted by molar-refractivity contribution is 0.110. The molecule has 2 N–H and O–H groups in total. The summed E-state index contributed by atoms with van der Waals surface area (Å²) in [7, 11) is 0. The van der Waals surface area contributed by atoms with Crippen LogP contribution in [0.5, 0.6) is 0 Å². The molecule has 1 saturated heterocycles. The summed E-state index contributed by atoms with van der Waals surface area (Å²) >= 11 is 0. The molecule has 0 spiro atoms. The van der Waals surface area contributed by atoms with E-state index in [0.29, 0.717) is 12.6 Å². The van der Waals surface area contributed by atoms with E-state index in [1.54, 1.807) is 4.68 Å². The Bertz CT molecular complexity index is 308. The van der Waals surface area contributed by atoms with Gasteiger partial charge in [-0.3, -0.25) is 4.68 Å². The molecule has 1 aliphatic rings. The van der Waals surface area contributed by atoms with Crippen LogP contribution in [0.25, 0.3) is 0 Å². The number of hydrogen-bond acceptors (Lipinski definition) is 4. The molecule has 1 fully saturated rings. The molecule has 90 valence electrons. The summed E-state index contributed by atoms with van der Waals surface area (Å²) in [5, 5.41) is 16.3. The molecule has 16 heavy (non-hydrogen) atoms. The quantitative estimate of drug-likeness (QED) is 0.723. The molecule has 1 aromatic rings. The van der Waals surface area contributed by atoms with Gasteiger partial charge in [-0.2, -0.15) is 5.10 Å². The monoisotopic (exact) mass is 225 g/mol. The van der Waals surface area contributed by atoms with Crippen LogP contribution in [0.4, 0.5) is 0 Å². The lowest BCUT2D eigenvalue weighted by Gasteiger charge is -2.09. The smallest absolute Gasteiger partial charge is 0.0700 e. The molecule has 0 saturated carbocycles. The summed E-state index contributed by atoms with van der Waals surface area (Å²) < 4.78 is 7.27. The molecule has 0 radical (unpaired) electrons. The highest BCUT2D eigenvalue weighted by Crippen LogP contribution is 2.10. The Morgan fingerprint density at radius 2 is 2.56 bits per heavy atom. The third-order valence-corrected chi connectivity index (χ3v) is 2.74. The van der Waals surface area contributed by atoms with Crippen LogP contribution in [0.15, 0.2) is 12.4 Å². The zero-order valence-electron chi connectivity index (χ0n) is 9.43. The van der Waals surface area contributed by atoms with Crippen molar-refractivity contribution in [1.82, 2.24) is 15.1 Å². The number of rotatable bonds is 6. The predicted octanol–water partition coefficient (Wildman–Crippen LogP) is 0.144. The van der Waals surface area contributed by atoms with Gasteiger partial charge >= 0.3 is 0 Å². The van der Waals surface area contributed by atoms with Gasteiger partial charge in [0.25, 0.3) is 0 Å². The number of aliphatic hydroxyl groups is 1. The Labute approximate surface area is 95.4 Å². The fourth-order valence-corrected chi connectivity index (χ4v) is 1.91. The summed E-state index contributed by atoms with van der Waals surface area (Å²) in [6, 6.07) is 0. The zero-order valence-corrected chi connectivity index (χ0v) is 9.43. The molecule has 0 amide bonds. The molecule has 5 heteroatoms. The van der Waals surface area contributed by atoms with Crippen LogP contribution in [-0.4, -0.2) is 40.7 Å². The Morgan fingerprint density at radius 1 is 1.62 bits per heavy atom. The highest BCUT2D eigenvalue weighted by molar-refractivity contribution is 5.03. The van der Waals surface area contributed by atoms with Crippen molar-refractivity contribution in [3.8, 4) is 0 Å². The third-order valence-electron chi connectivity index (χ3n) is 2.74. The lowest BCUT2D eigenvalue weighted by atomic mass is 10.2. The topological polar surface area (TPSA) is 59.3 Å². The van der Waals surface area contributed by atoms with E-state index in [1.165, 1.54) is 6.42 Å². The predicted molar refractivity (Wildman–Crippen MR) is 60.0 cm³/mol. The van der Waals surface area contributed by atoms with Crippen LogP contribution in [0, 0.1) is 0 Å². The van der Waals surface area contributed by atoms with Gasteiger partial charge in [0, 0.05) is 31.5 Å². The van der Waals surface area contributed by atoms with Crippen LogP contribution in [0.3, 0.4) is 0 Å². The average Bonchev–Trinajstić information content (AvgIpc) is 2.90. The molecule has 0 aliphatic carbocycles. The first-order valence-corrected chi connectivity index (χ1v) is 5.83. The standard InChI is InChI=1S/C11H19N3O2/c15-4-3-14-9-10(7-13-14)6-12-8-11-2-1-5-16-11/h7,9,11-12,15H,1-6,8H2. The Balaban J connectivity index is 1.67. The number of ether oxygens (including phenoxy) is 1. The Morgan fingerprint density at radius 3 is 3.31 bits per heavy atom. The largest absolute Gasteiger partial charge is 0.394 e. The van der Waals surface area contributed by atoms with Crippen molar-refractivity contribution in [2.75, 3.05) is 19.8 Å². The maximum absolute atomic E-state index is 8.76. The zero-order chi connectivity index (χ0) is 11.2. The molecule has 0 aromatic carbocycles. The maximum atomic E-state index is 8.76. The second-order valence-corrected chi connectivity index (χ2v) is 4.10. The van der Waals surface area contributed by atoms with Crippen LogP contribution in [0.2, 0.25) is 0 Å². The van der Waals surface area contributed by atoms with Crippen molar-refractivity contribution in [3.63, 3.8) is 0 Å². The van der Waals surface area contributed by atoms with Crippen LogP contribution in [0.1, 0.15) is 18.4 Å². The molecule has 0 bridgehead atoms. The lowest BCUT2D eigenvalue weighted by Crippen LogP contribution is -2.25. The molecule has 1 unspecified atom stereocenters. The van der Waals surface area contributed by atoms with Crippen molar-refractivity contribution in [1.29, 1.82) is 0 Å². The van der Waals surface area contributed by atoms with Crippen molar-refractivity contribution in [2.24, 2.45) is 0 Å². The van der Waals surface area contributed by atoms with Gasteiger partial charge < -0.3 is 15.2 Å². The second-order valence-electron chi connectivity index (χ2n) is 4.10. The Hall–Kier alpha value is -0.910. The van der Waals surface area contributed by atoms with E-state index in [0.717, 1.165) is 31.7 Å². The first-order chi connectivity index (χ1) is 7.88. The van der Waals surface area contributed by atoms with Gasteiger partial charge in [-0.15, -0.1) is 0 Å². The first-order valence-electron chi connectivity index (χ1n) is 5.83. The highest BCUT2D eigenvalue weighted by atomic mass is 16.5. The van der Waals surface area contributed by atoms with Crippen molar-refractivity contribution < 1.29 is 9.84 Å². The van der Waals surface area contributed by atoms with Crippen LogP contribution >= 0.6 is 0 Å². The van der Waals surface area contributed by atoms with E-state index in [-0.39, 0.29) is 6.61 Å². The molecular weight excluding hydrogens is 206 g/mol. The molecule has 1 aliphatic heterocycles. The maximum Gasteiger partial charge on any atom is 0.0700 e. The van der Waals surface area contributed by atoms with Gasteiger partial charge in [0.2, 0.25) is 0 Å². The number of aromatic nitrogens is 2. The highest BCUT2D eigenvalue weighted by Gasteiger charge is 2.14. The molecule has 2 rings (SSSR count). The van der Waals surface area contributed by atoms with Gasteiger partial charge in [0.1, 0.15) is 0 Å². The number of aliphatic hydroxyl groups excluding tert-OH is 1. The summed E-state index contributed by atoms with van der Waals surface area (Å²) in [5.41, 5.74) is 1.14. The SMILES string of the molecule is OCCn1cc(CNCC2CCCO2)cn1. The van der Waals surface area contributed by atoms with Crippen LogP contribution < -0.4 is 5.32 Å². The molecular formula is C11H19N3O2. The van der Waals surface area contributed by atoms with Crippen LogP contribution in [-0.2, 0) is 17.8 Å². The number of hydrogen-bond donors (Lipinski definition) is 2. The van der Waals surface area contributed by atoms with E-state index < -0.39 is 0 Å². The van der Waals surface area contributed by atoms with Gasteiger partial charge in [-0.25, -0.2) is 0 Å². The van der Waals surface area contributed by atoms with Gasteiger partial charge in [-0.1, -0.05) is 0 Å². The second kappa shape index (κ2) is 5.98. The van der Waals surface area contributed by atoms with Gasteiger partial charge in [0.15, 0.2) is 0 Å². The van der Waals surface area contributed by atoms with E-state index >= 15 is 0 Å². The molecule has 1 aromatic heterocycles. The Kier molecular flexibility index (Phi) is 4.33. The first kappa shape index (κ1) is 11.6. The minimum atomic E-state index is 0.129. The molecule has 1 atom stereocenters. The minimum absolute atomic E-state index is 0.129. The van der Waals surface area contributed by atoms with Crippen molar-refractivity contribution >= 4 is 0 Å². The minimum Gasteiger partial charge on any atom is -0.394 e. The average molecular weight is 225 g/mol. The van der Waals surface area contributed by atoms with Gasteiger partial charge in [-0.05, 0) is 12.8 Å². The van der Waals surface area contributed by atoms with E-state index in [4.69, 9.17) is 9.84 Å². The summed E-state index contributed by atoms with van der Waals surface area (Å²) in [6.07, 6.45) is 6.52. The van der Waals surface area contributed by atoms with Crippen molar-refractivity contribution in [2.45, 2.75) is 32.0 Å². The third kappa shape index (κ3) is 3.30. The van der Waals surface area contributed by atoms with E-state index in [1.807, 2.05) is 12.4 Å². The van der Waals surface area contributed by atoms with Gasteiger partial charge in [0.05, 0.1) is 25.5 Å². The summed E-state index contributed by atoms with van der Waals surface area (Å²) in [6.45, 7) is 3.31. The van der Waals surface area contributed by atoms with E-state index in [2.05, 4.69) is 10.4 Å². The normalized spacial score (nSPS) is 20.4. The fraction of sp³-hybridized carbons (Fsp3) is 0.727. The number of nitrogens with one attached hydrogen (secondary N) is 1. The molecule has 2 heterocycles. The summed E-state index contributed by atoms with van der Waals surface area (Å²) in [4.78, 5) is 0. The fourth-order valence-electron chi connectivity index (χ4n) is 1.91. The van der Waals surface area contributed by atoms with Crippen molar-refractivity contribution in [3.05, 3.63) is 18.0 Å². The number of nitrogens with zero attached hydrogens (tertiary/aromatic N) is 2. The molecule has 5 nitrogen and oxygen atoms in total. The van der Waals surface area contributed by atoms with E-state index in [9.17, 15) is 0 Å². The summed E-state index contributed by atoms with van der Waals surface area (Å²) in [5.74, 6) is 0.